The van der Waals surface area contributed by atoms with Crippen LogP contribution in [0.2, 0.25) is 0 Å². The number of hydrogen-bond donors (Lipinski definition) is 0. The van der Waals surface area contributed by atoms with Crippen LogP contribution in [0, 0.1) is 0 Å². The summed E-state index contributed by atoms with van der Waals surface area (Å²) >= 11 is 0. The van der Waals surface area contributed by atoms with Gasteiger partial charge in [0, 0.05) is 45.0 Å². The van der Waals surface area contributed by atoms with Gasteiger partial charge in [-0.3, -0.25) is 0 Å². The first kappa shape index (κ1) is 51.1. The summed E-state index contributed by atoms with van der Waals surface area (Å²) in [5, 5.41) is 12.3. The first-order valence-corrected chi connectivity index (χ1v) is 30.1. The van der Waals surface area contributed by atoms with Crippen molar-refractivity contribution in [2.45, 2.75) is 38.5 Å². The van der Waals surface area contributed by atoms with Gasteiger partial charge in [0.1, 0.15) is 0 Å². The summed E-state index contributed by atoms with van der Waals surface area (Å²) in [4.78, 5) is 4.85. The molecule has 2 heteroatoms. The maximum atomic E-state index is 2.44. The number of fused-ring (bicyclic) bond motifs is 11. The van der Waals surface area contributed by atoms with Gasteiger partial charge in [-0.15, -0.1) is 0 Å². The summed E-state index contributed by atoms with van der Waals surface area (Å²) in [7, 11) is 0. The van der Waals surface area contributed by atoms with Crippen molar-refractivity contribution >= 4 is 112 Å². The van der Waals surface area contributed by atoms with Crippen molar-refractivity contribution in [3.05, 3.63) is 324 Å². The maximum Gasteiger partial charge on any atom is 0.0468 e. The van der Waals surface area contributed by atoms with E-state index in [0.717, 1.165) is 34.1 Å². The molecule has 0 aromatic heterocycles. The molecule has 0 amide bonds. The highest BCUT2D eigenvalue weighted by Gasteiger charge is 2.38. The molecule has 0 aliphatic heterocycles. The molecule has 2 aliphatic rings. The highest BCUT2D eigenvalue weighted by atomic mass is 15.1. The van der Waals surface area contributed by atoms with E-state index >= 15 is 0 Å². The van der Waals surface area contributed by atoms with Crippen molar-refractivity contribution in [3.8, 4) is 22.3 Å². The quantitative estimate of drug-likeness (QED) is 0.126. The predicted molar refractivity (Wildman–Crippen MR) is 369 cm³/mol. The molecule has 0 heterocycles. The smallest absolute Gasteiger partial charge is 0.0468 e. The predicted octanol–water partition coefficient (Wildman–Crippen LogP) is 23.3. The molecule has 14 aromatic rings. The topological polar surface area (TPSA) is 6.48 Å². The lowest BCUT2D eigenvalue weighted by molar-refractivity contribution is 0.660. The molecule has 2 nitrogen and oxygen atoms in total. The molecule has 0 atom stereocenters. The molecule has 0 unspecified atom stereocenters. The molecule has 0 saturated heterocycles. The SMILES string of the molecule is CC1(C)c2cc(/C=C/c3ccc(/C=C/c4ccc5c(c4)C(C)(C)c4cc(N(c6ccc7ccccc7c6)c6ccc7ccccc7c6)ccc4-5)c4ccccc34)ccc2-c2ccc(N(c3ccc4ccccc4c3)c3ccc4ccccc4c3)cc21. The first-order chi connectivity index (χ1) is 42.1. The molecule has 0 spiro atoms. The van der Waals surface area contributed by atoms with Crippen LogP contribution in [0.15, 0.2) is 279 Å². The number of hydrogen-bond acceptors (Lipinski definition) is 2. The summed E-state index contributed by atoms with van der Waals surface area (Å²) in [6, 6.07) is 103. The largest absolute Gasteiger partial charge is 0.310 e. The van der Waals surface area contributed by atoms with Gasteiger partial charge in [-0.25, -0.2) is 0 Å². The number of anilines is 6. The number of rotatable bonds is 10. The van der Waals surface area contributed by atoms with E-state index in [1.54, 1.807) is 0 Å². The highest BCUT2D eigenvalue weighted by molar-refractivity contribution is 6.01. The Morgan fingerprint density at radius 3 is 0.837 bits per heavy atom. The van der Waals surface area contributed by atoms with Gasteiger partial charge in [-0.05, 0) is 193 Å². The van der Waals surface area contributed by atoms with Gasteiger partial charge in [0.25, 0.3) is 0 Å². The molecular weight excluding hydrogens is 1040 g/mol. The maximum absolute atomic E-state index is 2.44. The van der Waals surface area contributed by atoms with Crippen LogP contribution in [0.3, 0.4) is 0 Å². The number of benzene rings is 14. The van der Waals surface area contributed by atoms with E-state index in [9.17, 15) is 0 Å². The second kappa shape index (κ2) is 20.1. The molecule has 16 rings (SSSR count). The van der Waals surface area contributed by atoms with Crippen LogP contribution in [-0.4, -0.2) is 0 Å². The van der Waals surface area contributed by atoms with Crippen LogP contribution in [0.1, 0.15) is 72.2 Å². The Hall–Kier alpha value is -10.5. The molecule has 0 N–H and O–H groups in total. The van der Waals surface area contributed by atoms with Crippen molar-refractivity contribution in [2.75, 3.05) is 9.80 Å². The third-order valence-corrected chi connectivity index (χ3v) is 18.8. The van der Waals surface area contributed by atoms with Crippen LogP contribution in [0.25, 0.3) is 100 Å². The van der Waals surface area contributed by atoms with E-state index < -0.39 is 0 Å². The Bertz CT molecular complexity index is 4670. The molecule has 86 heavy (non-hydrogen) atoms. The molecular formula is C84H62N2. The second-order valence-electron chi connectivity index (χ2n) is 24.6. The van der Waals surface area contributed by atoms with Gasteiger partial charge in [-0.2, -0.15) is 0 Å². The Labute approximate surface area is 503 Å². The number of nitrogens with zero attached hydrogens (tertiary/aromatic N) is 2. The summed E-state index contributed by atoms with van der Waals surface area (Å²) in [6.07, 6.45) is 9.18. The minimum atomic E-state index is -0.217. The van der Waals surface area contributed by atoms with Crippen molar-refractivity contribution in [3.63, 3.8) is 0 Å². The summed E-state index contributed by atoms with van der Waals surface area (Å²) in [5.41, 5.74) is 21.8. The van der Waals surface area contributed by atoms with Crippen LogP contribution in [-0.2, 0) is 10.8 Å². The summed E-state index contributed by atoms with van der Waals surface area (Å²) < 4.78 is 0. The van der Waals surface area contributed by atoms with E-state index in [4.69, 9.17) is 0 Å². The zero-order valence-electron chi connectivity index (χ0n) is 48.8. The lowest BCUT2D eigenvalue weighted by Crippen LogP contribution is -2.16. The molecule has 14 aromatic carbocycles. The zero-order valence-corrected chi connectivity index (χ0v) is 48.8. The first-order valence-electron chi connectivity index (χ1n) is 30.1. The normalized spacial score (nSPS) is 13.7. The monoisotopic (exact) mass is 1100 g/mol. The van der Waals surface area contributed by atoms with Gasteiger partial charge in [-0.1, -0.05) is 258 Å². The van der Waals surface area contributed by atoms with Gasteiger partial charge < -0.3 is 9.80 Å². The van der Waals surface area contributed by atoms with Crippen LogP contribution in [0.4, 0.5) is 34.1 Å². The van der Waals surface area contributed by atoms with Crippen LogP contribution in [0.5, 0.6) is 0 Å². The molecule has 2 aliphatic carbocycles. The Morgan fingerprint density at radius 1 is 0.233 bits per heavy atom. The van der Waals surface area contributed by atoms with E-state index in [-0.39, 0.29) is 10.8 Å². The third-order valence-electron chi connectivity index (χ3n) is 18.8. The third kappa shape index (κ3) is 8.63. The van der Waals surface area contributed by atoms with E-state index in [0.29, 0.717) is 0 Å². The Balaban J connectivity index is 0.674. The van der Waals surface area contributed by atoms with Gasteiger partial charge in [0.05, 0.1) is 0 Å². The van der Waals surface area contributed by atoms with Crippen molar-refractivity contribution in [1.29, 1.82) is 0 Å². The van der Waals surface area contributed by atoms with Crippen LogP contribution < -0.4 is 9.80 Å². The average Bonchev–Trinajstić information content (AvgIpc) is 1.72. The standard InChI is InChI=1S/C84H62N2/c1-83(2)79-47-55(27-43-75(79)77-45-41-71(53-81(77)83)85(67-37-33-57-15-5-9-19-63(57)49-67)68-38-34-58-16-6-10-20-64(58)50-68)25-29-61-31-32-62(74-24-14-13-23-73(61)74)30-26-56-28-44-76-78-46-42-72(54-82(78)84(3,4)80(76)48-56)86(69-39-35-59-17-7-11-21-65(59)51-69)70-40-36-60-18-8-12-22-66(60)52-70/h5-54H,1-4H3/b29-25+,30-26+. The van der Waals surface area contributed by atoms with Gasteiger partial charge >= 0.3 is 0 Å². The zero-order chi connectivity index (χ0) is 57.7. The van der Waals surface area contributed by atoms with E-state index in [2.05, 4.69) is 341 Å². The van der Waals surface area contributed by atoms with Crippen molar-refractivity contribution < 1.29 is 0 Å². The fraction of sp³-hybridized carbons (Fsp3) is 0.0714. The lowest BCUT2D eigenvalue weighted by atomic mass is 9.81. The van der Waals surface area contributed by atoms with Crippen LogP contribution >= 0.6 is 0 Å². The minimum Gasteiger partial charge on any atom is -0.310 e. The van der Waals surface area contributed by atoms with Crippen molar-refractivity contribution in [1.82, 2.24) is 0 Å². The molecule has 0 fully saturated rings. The summed E-state index contributed by atoms with van der Waals surface area (Å²) in [5.74, 6) is 0. The second-order valence-corrected chi connectivity index (χ2v) is 24.6. The molecule has 0 radical (unpaired) electrons. The van der Waals surface area contributed by atoms with E-state index in [1.807, 2.05) is 0 Å². The Morgan fingerprint density at radius 2 is 0.500 bits per heavy atom. The minimum absolute atomic E-state index is 0.217. The Kier molecular flexibility index (Phi) is 11.9. The fourth-order valence-electron chi connectivity index (χ4n) is 14.1. The average molecular weight is 1100 g/mol. The van der Waals surface area contributed by atoms with Crippen molar-refractivity contribution in [2.24, 2.45) is 0 Å². The van der Waals surface area contributed by atoms with Gasteiger partial charge in [0.15, 0.2) is 0 Å². The molecule has 0 saturated carbocycles. The highest BCUT2D eigenvalue weighted by Crippen LogP contribution is 2.53. The molecule has 408 valence electrons. The fourth-order valence-corrected chi connectivity index (χ4v) is 14.1. The van der Waals surface area contributed by atoms with Gasteiger partial charge in [0.2, 0.25) is 0 Å². The summed E-state index contributed by atoms with van der Waals surface area (Å²) in [6.45, 7) is 9.55. The lowest BCUT2D eigenvalue weighted by Gasteiger charge is -2.28. The molecule has 0 bridgehead atoms. The van der Waals surface area contributed by atoms with E-state index in [1.165, 1.54) is 121 Å².